The maximum atomic E-state index is 11.9. The van der Waals surface area contributed by atoms with Gasteiger partial charge in [0, 0.05) is 12.0 Å². The van der Waals surface area contributed by atoms with Crippen LogP contribution in [-0.4, -0.2) is 11.9 Å². The Hall–Kier alpha value is -1.31. The highest BCUT2D eigenvalue weighted by molar-refractivity contribution is 5.98. The lowest BCUT2D eigenvalue weighted by atomic mass is 9.88. The smallest absolute Gasteiger partial charge is 0.163 e. The minimum atomic E-state index is 0.281. The number of hydrogen-bond acceptors (Lipinski definition) is 2. The van der Waals surface area contributed by atoms with E-state index >= 15 is 0 Å². The Labute approximate surface area is 115 Å². The number of ketones is 1. The second kappa shape index (κ2) is 5.36. The molecule has 0 atom stereocenters. The lowest BCUT2D eigenvalue weighted by Gasteiger charge is -2.27. The summed E-state index contributed by atoms with van der Waals surface area (Å²) in [6.45, 7) is 2.31. The molecule has 0 N–H and O–H groups in total. The average molecular weight is 258 g/mol. The van der Waals surface area contributed by atoms with Gasteiger partial charge in [0.1, 0.15) is 5.75 Å². The van der Waals surface area contributed by atoms with Crippen molar-refractivity contribution >= 4 is 5.78 Å². The number of ether oxygens (including phenoxy) is 1. The van der Waals surface area contributed by atoms with E-state index in [1.165, 1.54) is 18.4 Å². The Morgan fingerprint density at radius 3 is 2.68 bits per heavy atom. The van der Waals surface area contributed by atoms with Crippen molar-refractivity contribution in [2.75, 3.05) is 0 Å². The molecule has 2 heteroatoms. The van der Waals surface area contributed by atoms with Crippen molar-refractivity contribution in [3.05, 3.63) is 29.3 Å². The molecule has 2 nitrogen and oxygen atoms in total. The fourth-order valence-electron chi connectivity index (χ4n) is 3.22. The maximum Gasteiger partial charge on any atom is 0.163 e. The number of benzene rings is 1. The van der Waals surface area contributed by atoms with Crippen LogP contribution >= 0.6 is 0 Å². The van der Waals surface area contributed by atoms with E-state index in [2.05, 4.69) is 13.0 Å². The Bertz CT molecular complexity index is 470. The molecule has 0 heterocycles. The van der Waals surface area contributed by atoms with Gasteiger partial charge in [-0.3, -0.25) is 4.79 Å². The van der Waals surface area contributed by atoms with E-state index in [4.69, 9.17) is 4.74 Å². The summed E-state index contributed by atoms with van der Waals surface area (Å²) in [6, 6.07) is 6.08. The van der Waals surface area contributed by atoms with Gasteiger partial charge in [0.05, 0.1) is 6.10 Å². The number of fused-ring (bicyclic) bond motifs is 1. The van der Waals surface area contributed by atoms with E-state index < -0.39 is 0 Å². The van der Waals surface area contributed by atoms with E-state index in [9.17, 15) is 4.79 Å². The van der Waals surface area contributed by atoms with Crippen LogP contribution in [0.5, 0.6) is 5.75 Å². The van der Waals surface area contributed by atoms with Gasteiger partial charge >= 0.3 is 0 Å². The van der Waals surface area contributed by atoms with Gasteiger partial charge in [-0.25, -0.2) is 0 Å². The summed E-state index contributed by atoms with van der Waals surface area (Å²) in [5.41, 5.74) is 2.09. The number of hydrogen-bond donors (Lipinski definition) is 0. The fraction of sp³-hybridized carbons (Fsp3) is 0.588. The highest BCUT2D eigenvalue weighted by atomic mass is 16.5. The summed E-state index contributed by atoms with van der Waals surface area (Å²) in [7, 11) is 0. The lowest BCUT2D eigenvalue weighted by Crippen LogP contribution is -2.23. The van der Waals surface area contributed by atoms with Gasteiger partial charge in [0.25, 0.3) is 0 Å². The van der Waals surface area contributed by atoms with Crippen molar-refractivity contribution < 1.29 is 9.53 Å². The van der Waals surface area contributed by atoms with Crippen LogP contribution in [0.25, 0.3) is 0 Å². The van der Waals surface area contributed by atoms with Crippen molar-refractivity contribution in [1.29, 1.82) is 0 Å². The van der Waals surface area contributed by atoms with Crippen molar-refractivity contribution in [1.82, 2.24) is 0 Å². The van der Waals surface area contributed by atoms with Gasteiger partial charge in [0.15, 0.2) is 5.78 Å². The molecule has 1 saturated carbocycles. The molecule has 102 valence electrons. The van der Waals surface area contributed by atoms with Gasteiger partial charge < -0.3 is 4.74 Å². The number of Topliss-reactive ketones (excluding diaryl/α,β-unsaturated/α-hetero) is 1. The third-order valence-electron chi connectivity index (χ3n) is 4.50. The van der Waals surface area contributed by atoms with Gasteiger partial charge in [-0.15, -0.1) is 0 Å². The zero-order chi connectivity index (χ0) is 13.2. The highest BCUT2D eigenvalue weighted by Crippen LogP contribution is 2.30. The summed E-state index contributed by atoms with van der Waals surface area (Å²) >= 11 is 0. The Balaban J connectivity index is 1.72. The Morgan fingerprint density at radius 1 is 1.11 bits per heavy atom. The van der Waals surface area contributed by atoms with Gasteiger partial charge in [0.2, 0.25) is 0 Å². The first kappa shape index (κ1) is 12.7. The van der Waals surface area contributed by atoms with Crippen LogP contribution < -0.4 is 4.74 Å². The molecule has 0 aromatic heterocycles. The van der Waals surface area contributed by atoms with Crippen LogP contribution in [0.4, 0.5) is 0 Å². The van der Waals surface area contributed by atoms with Crippen LogP contribution in [0.15, 0.2) is 18.2 Å². The van der Waals surface area contributed by atoms with E-state index in [-0.39, 0.29) is 5.78 Å². The van der Waals surface area contributed by atoms with Crippen LogP contribution in [0.1, 0.15) is 61.4 Å². The van der Waals surface area contributed by atoms with Crippen molar-refractivity contribution in [2.24, 2.45) is 5.92 Å². The molecule has 2 aliphatic carbocycles. The average Bonchev–Trinajstić information content (AvgIpc) is 2.42. The van der Waals surface area contributed by atoms with E-state index in [1.54, 1.807) is 0 Å². The molecule has 2 aliphatic rings. The molecule has 1 fully saturated rings. The molecule has 0 bridgehead atoms. The van der Waals surface area contributed by atoms with Crippen molar-refractivity contribution in [3.8, 4) is 5.75 Å². The fourth-order valence-corrected chi connectivity index (χ4v) is 3.22. The quantitative estimate of drug-likeness (QED) is 0.796. The molecule has 0 amide bonds. The third-order valence-corrected chi connectivity index (χ3v) is 4.50. The monoisotopic (exact) mass is 258 g/mol. The molecule has 1 aromatic carbocycles. The SMILES string of the molecule is CC1CCC(Oc2ccc3c(c2)C(=O)CCC3)CC1. The molecule has 0 aliphatic heterocycles. The molecule has 0 radical (unpaired) electrons. The molecule has 0 saturated heterocycles. The molecule has 0 unspecified atom stereocenters. The molecular weight excluding hydrogens is 236 g/mol. The first-order valence-corrected chi connectivity index (χ1v) is 7.55. The molecule has 1 aromatic rings. The van der Waals surface area contributed by atoms with Crippen LogP contribution in [0.3, 0.4) is 0 Å². The molecule has 3 rings (SSSR count). The molecular formula is C17H22O2. The third kappa shape index (κ3) is 2.83. The predicted molar refractivity (Wildman–Crippen MR) is 75.8 cm³/mol. The van der Waals surface area contributed by atoms with Crippen LogP contribution in [-0.2, 0) is 6.42 Å². The predicted octanol–water partition coefficient (Wildman–Crippen LogP) is 4.16. The number of rotatable bonds is 2. The molecule has 19 heavy (non-hydrogen) atoms. The lowest BCUT2D eigenvalue weighted by molar-refractivity contribution is 0.0970. The summed E-state index contributed by atoms with van der Waals surface area (Å²) in [6.07, 6.45) is 7.86. The first-order chi connectivity index (χ1) is 9.22. The van der Waals surface area contributed by atoms with Crippen LogP contribution in [0.2, 0.25) is 0 Å². The summed E-state index contributed by atoms with van der Waals surface area (Å²) in [5.74, 6) is 2.00. The Kier molecular flexibility index (Phi) is 3.58. The van der Waals surface area contributed by atoms with Gasteiger partial charge in [-0.05, 0) is 62.1 Å². The molecule has 0 spiro atoms. The first-order valence-electron chi connectivity index (χ1n) is 7.55. The minimum Gasteiger partial charge on any atom is -0.490 e. The largest absolute Gasteiger partial charge is 0.490 e. The second-order valence-electron chi connectivity index (χ2n) is 6.10. The Morgan fingerprint density at radius 2 is 1.89 bits per heavy atom. The van der Waals surface area contributed by atoms with E-state index in [0.717, 1.165) is 42.9 Å². The van der Waals surface area contributed by atoms with Gasteiger partial charge in [-0.2, -0.15) is 0 Å². The maximum absolute atomic E-state index is 11.9. The van der Waals surface area contributed by atoms with Gasteiger partial charge in [-0.1, -0.05) is 13.0 Å². The highest BCUT2D eigenvalue weighted by Gasteiger charge is 2.21. The zero-order valence-electron chi connectivity index (χ0n) is 11.7. The summed E-state index contributed by atoms with van der Waals surface area (Å²) in [4.78, 5) is 11.9. The number of carbonyl (C=O) groups is 1. The number of aryl methyl sites for hydroxylation is 1. The second-order valence-corrected chi connectivity index (χ2v) is 6.10. The minimum absolute atomic E-state index is 0.281. The normalized spacial score (nSPS) is 26.9. The topological polar surface area (TPSA) is 26.3 Å². The van der Waals surface area contributed by atoms with Crippen molar-refractivity contribution in [3.63, 3.8) is 0 Å². The van der Waals surface area contributed by atoms with Crippen LogP contribution in [0, 0.1) is 5.92 Å². The standard InChI is InChI=1S/C17H22O2/c1-12-5-8-14(9-6-12)19-15-10-7-13-3-2-4-17(18)16(13)11-15/h7,10-12,14H,2-6,8-9H2,1H3. The van der Waals surface area contributed by atoms with E-state index in [0.29, 0.717) is 12.5 Å². The summed E-state index contributed by atoms with van der Waals surface area (Å²) in [5, 5.41) is 0. The number of carbonyl (C=O) groups excluding carboxylic acids is 1. The van der Waals surface area contributed by atoms with E-state index in [1.807, 2.05) is 12.1 Å². The summed E-state index contributed by atoms with van der Waals surface area (Å²) < 4.78 is 6.07. The zero-order valence-corrected chi connectivity index (χ0v) is 11.7. The van der Waals surface area contributed by atoms with Crippen molar-refractivity contribution in [2.45, 2.75) is 58.0 Å².